The van der Waals surface area contributed by atoms with Crippen molar-refractivity contribution >= 4 is 34.9 Å². The third kappa shape index (κ3) is 3.59. The van der Waals surface area contributed by atoms with Crippen LogP contribution in [0.1, 0.15) is 87.0 Å². The van der Waals surface area contributed by atoms with Gasteiger partial charge in [-0.05, 0) is 43.6 Å². The van der Waals surface area contributed by atoms with Gasteiger partial charge in [-0.1, -0.05) is 40.2 Å². The summed E-state index contributed by atoms with van der Waals surface area (Å²) in [6.45, 7) is 12.6. The molecule has 0 aromatic rings. The maximum absolute atomic E-state index is 14.0. The molecular formula is C30H38O7. The molecule has 7 heteroatoms. The number of fused-ring (bicyclic) bond motifs is 4. The number of carboxylic acid groups (broad SMARTS) is 1. The molecule has 0 heterocycles. The Morgan fingerprint density at radius 2 is 1.59 bits per heavy atom. The molecule has 0 bridgehead atoms. The van der Waals surface area contributed by atoms with Gasteiger partial charge < -0.3 is 5.11 Å². The Hall–Kier alpha value is -2.70. The lowest BCUT2D eigenvalue weighted by Crippen LogP contribution is -2.59. The summed E-state index contributed by atoms with van der Waals surface area (Å²) in [6.07, 6.45) is 2.40. The highest BCUT2D eigenvalue weighted by atomic mass is 16.4. The number of ketones is 5. The summed E-state index contributed by atoms with van der Waals surface area (Å²) in [5.74, 6) is -3.30. The topological polar surface area (TPSA) is 123 Å². The van der Waals surface area contributed by atoms with Gasteiger partial charge >= 0.3 is 5.97 Å². The van der Waals surface area contributed by atoms with Crippen LogP contribution in [0.5, 0.6) is 0 Å². The van der Waals surface area contributed by atoms with E-state index in [2.05, 4.69) is 0 Å². The molecule has 2 saturated carbocycles. The summed E-state index contributed by atoms with van der Waals surface area (Å²) in [7, 11) is 0. The second-order valence-corrected chi connectivity index (χ2v) is 13.1. The van der Waals surface area contributed by atoms with Gasteiger partial charge in [0.15, 0.2) is 17.3 Å². The molecule has 1 N–H and O–H groups in total. The van der Waals surface area contributed by atoms with Crippen LogP contribution in [0.15, 0.2) is 22.8 Å². The zero-order valence-corrected chi connectivity index (χ0v) is 22.9. The van der Waals surface area contributed by atoms with Crippen molar-refractivity contribution < 1.29 is 33.9 Å². The first-order chi connectivity index (χ1) is 16.9. The van der Waals surface area contributed by atoms with Gasteiger partial charge in [0.2, 0.25) is 0 Å². The minimum Gasteiger partial charge on any atom is -0.481 e. The SMILES string of the molecule is C/C(=C\C(=O)CC(C)C(=O)O)C1CC(=O)C2(C)C3=C(C(=O)CC12C)C1(C)CCC(=O)C(C)(C)C1CC3=O. The number of carboxylic acids is 1. The Bertz CT molecular complexity index is 1220. The van der Waals surface area contributed by atoms with Crippen molar-refractivity contribution in [2.24, 2.45) is 39.4 Å². The van der Waals surface area contributed by atoms with Crippen molar-refractivity contribution in [2.45, 2.75) is 87.0 Å². The van der Waals surface area contributed by atoms with Gasteiger partial charge in [0.25, 0.3) is 0 Å². The fourth-order valence-corrected chi connectivity index (χ4v) is 8.23. The van der Waals surface area contributed by atoms with Crippen LogP contribution >= 0.6 is 0 Å². The van der Waals surface area contributed by atoms with Crippen LogP contribution in [0.25, 0.3) is 0 Å². The average Bonchev–Trinajstić information content (AvgIpc) is 2.99. The van der Waals surface area contributed by atoms with E-state index in [1.165, 1.54) is 13.0 Å². The Kier molecular flexibility index (Phi) is 6.21. The summed E-state index contributed by atoms with van der Waals surface area (Å²) in [5, 5.41) is 9.14. The van der Waals surface area contributed by atoms with Gasteiger partial charge in [-0.2, -0.15) is 0 Å². The van der Waals surface area contributed by atoms with Gasteiger partial charge in [-0.15, -0.1) is 0 Å². The molecule has 6 atom stereocenters. The molecule has 4 aliphatic carbocycles. The van der Waals surface area contributed by atoms with Crippen LogP contribution < -0.4 is 0 Å². The predicted molar refractivity (Wildman–Crippen MR) is 135 cm³/mol. The maximum Gasteiger partial charge on any atom is 0.306 e. The lowest BCUT2D eigenvalue weighted by Gasteiger charge is -2.58. The molecule has 0 radical (unpaired) electrons. The zero-order valence-electron chi connectivity index (χ0n) is 22.9. The van der Waals surface area contributed by atoms with Crippen LogP contribution in [0, 0.1) is 39.4 Å². The highest BCUT2D eigenvalue weighted by Crippen LogP contribution is 2.69. The number of rotatable bonds is 5. The number of carbonyl (C=O) groups is 6. The second-order valence-electron chi connectivity index (χ2n) is 13.1. The van der Waals surface area contributed by atoms with E-state index in [1.54, 1.807) is 13.8 Å². The van der Waals surface area contributed by atoms with Crippen molar-refractivity contribution in [3.05, 3.63) is 22.8 Å². The number of hydrogen-bond acceptors (Lipinski definition) is 6. The van der Waals surface area contributed by atoms with Crippen molar-refractivity contribution in [1.29, 1.82) is 0 Å². The Morgan fingerprint density at radius 1 is 0.973 bits per heavy atom. The smallest absolute Gasteiger partial charge is 0.306 e. The molecular weight excluding hydrogens is 472 g/mol. The van der Waals surface area contributed by atoms with E-state index in [-0.39, 0.29) is 60.5 Å². The van der Waals surface area contributed by atoms with Gasteiger partial charge in [0.05, 0.1) is 11.3 Å². The van der Waals surface area contributed by atoms with Gasteiger partial charge in [-0.25, -0.2) is 0 Å². The molecule has 6 unspecified atom stereocenters. The first kappa shape index (κ1) is 27.3. The van der Waals surface area contributed by atoms with E-state index in [9.17, 15) is 28.8 Å². The zero-order chi connectivity index (χ0) is 27.9. The average molecular weight is 511 g/mol. The number of allylic oxidation sites excluding steroid dienone is 4. The maximum atomic E-state index is 14.0. The summed E-state index contributed by atoms with van der Waals surface area (Å²) >= 11 is 0. The van der Waals surface area contributed by atoms with Crippen molar-refractivity contribution in [2.75, 3.05) is 0 Å². The number of Topliss-reactive ketones (excluding diaryl/α,β-unsaturated/α-hetero) is 4. The van der Waals surface area contributed by atoms with Crippen LogP contribution in [0.3, 0.4) is 0 Å². The predicted octanol–water partition coefficient (Wildman–Crippen LogP) is 4.47. The van der Waals surface area contributed by atoms with Gasteiger partial charge in [-0.3, -0.25) is 28.8 Å². The quantitative estimate of drug-likeness (QED) is 0.542. The minimum atomic E-state index is -1.18. The van der Waals surface area contributed by atoms with Crippen molar-refractivity contribution in [1.82, 2.24) is 0 Å². The van der Waals surface area contributed by atoms with Crippen molar-refractivity contribution in [3.8, 4) is 0 Å². The Balaban J connectivity index is 1.81. The molecule has 0 amide bonds. The number of aliphatic carboxylic acids is 1. The number of carbonyl (C=O) groups excluding carboxylic acids is 5. The van der Waals surface area contributed by atoms with E-state index in [1.807, 2.05) is 27.7 Å². The third-order valence-electron chi connectivity index (χ3n) is 10.8. The molecule has 200 valence electrons. The van der Waals surface area contributed by atoms with E-state index in [0.717, 1.165) is 0 Å². The lowest BCUT2D eigenvalue weighted by molar-refractivity contribution is -0.147. The van der Waals surface area contributed by atoms with Crippen LogP contribution in [-0.4, -0.2) is 40.0 Å². The molecule has 37 heavy (non-hydrogen) atoms. The summed E-state index contributed by atoms with van der Waals surface area (Å²) in [4.78, 5) is 78.2. The summed E-state index contributed by atoms with van der Waals surface area (Å²) in [5.41, 5.74) is -2.04. The van der Waals surface area contributed by atoms with Crippen LogP contribution in [0.2, 0.25) is 0 Å². The largest absolute Gasteiger partial charge is 0.481 e. The third-order valence-corrected chi connectivity index (χ3v) is 10.8. The fourth-order valence-electron chi connectivity index (χ4n) is 8.23. The molecule has 7 nitrogen and oxygen atoms in total. The Labute approximate surface area is 218 Å². The molecule has 4 rings (SSSR count). The minimum absolute atomic E-state index is 0.0770. The normalized spacial score (nSPS) is 38.2. The fraction of sp³-hybridized carbons (Fsp3) is 0.667. The molecule has 0 aromatic heterocycles. The molecule has 4 aliphatic rings. The van der Waals surface area contributed by atoms with E-state index < -0.39 is 39.5 Å². The van der Waals surface area contributed by atoms with E-state index in [4.69, 9.17) is 5.11 Å². The summed E-state index contributed by atoms with van der Waals surface area (Å²) < 4.78 is 0. The van der Waals surface area contributed by atoms with Crippen molar-refractivity contribution in [3.63, 3.8) is 0 Å². The Morgan fingerprint density at radius 3 is 2.19 bits per heavy atom. The van der Waals surface area contributed by atoms with E-state index >= 15 is 0 Å². The second kappa shape index (κ2) is 8.40. The van der Waals surface area contributed by atoms with Crippen LogP contribution in [-0.2, 0) is 28.8 Å². The van der Waals surface area contributed by atoms with Gasteiger partial charge in [0, 0.05) is 54.1 Å². The lowest BCUT2D eigenvalue weighted by atomic mass is 9.43. The van der Waals surface area contributed by atoms with Crippen LogP contribution in [0.4, 0.5) is 0 Å². The highest BCUT2D eigenvalue weighted by Gasteiger charge is 2.70. The number of hydrogen-bond donors (Lipinski definition) is 1. The summed E-state index contributed by atoms with van der Waals surface area (Å²) in [6, 6.07) is 0. The molecule has 2 fully saturated rings. The van der Waals surface area contributed by atoms with E-state index in [0.29, 0.717) is 29.6 Å². The molecule has 0 aromatic carbocycles. The first-order valence-corrected chi connectivity index (χ1v) is 13.2. The highest BCUT2D eigenvalue weighted by molar-refractivity contribution is 6.17. The standard InChI is InChI=1S/C30H38O7/c1-15(10-17(31)11-16(2)26(36)37)18-12-23(35)30(7)25-19(32)13-21-27(3,4)22(34)8-9-28(21,5)24(25)20(33)14-29(18,30)6/h10,16,18,21H,8-9,11-14H2,1-7H3,(H,36,37)/b15-10+. The monoisotopic (exact) mass is 510 g/mol. The molecule has 0 spiro atoms. The molecule has 0 saturated heterocycles. The van der Waals surface area contributed by atoms with Gasteiger partial charge in [0.1, 0.15) is 11.6 Å². The first-order valence-electron chi connectivity index (χ1n) is 13.2. The molecule has 0 aliphatic heterocycles.